The monoisotopic (exact) mass is 850 g/mol. The number of phenolic OH excluding ortho intramolecular Hbond substituents is 1. The van der Waals surface area contributed by atoms with Gasteiger partial charge in [0, 0.05) is 88.2 Å². The minimum absolute atomic E-state index is 0. The van der Waals surface area contributed by atoms with Crippen molar-refractivity contribution >= 4 is 57.9 Å². The first-order valence-corrected chi connectivity index (χ1v) is 21.8. The largest absolute Gasteiger partial charge is 0.507 e. The zero-order valence-corrected chi connectivity index (χ0v) is 37.6. The predicted molar refractivity (Wildman–Crippen MR) is 249 cm³/mol. The van der Waals surface area contributed by atoms with E-state index in [0.717, 1.165) is 92.3 Å². The summed E-state index contributed by atoms with van der Waals surface area (Å²) >= 11 is 0. The number of nitrogens with zero attached hydrogens (tertiary/aromatic N) is 5. The second-order valence-electron chi connectivity index (χ2n) is 17.0. The quantitative estimate of drug-likeness (QED) is 0.173. The van der Waals surface area contributed by atoms with Gasteiger partial charge in [0.25, 0.3) is 0 Å². The molecule has 3 heterocycles. The number of aromatic hydroxyl groups is 1. The molecule has 1 aliphatic carbocycles. The molecular formula is C50H67N5O7. The van der Waals surface area contributed by atoms with Crippen LogP contribution in [-0.4, -0.2) is 114 Å². The van der Waals surface area contributed by atoms with Gasteiger partial charge in [0.05, 0.1) is 5.69 Å². The Morgan fingerprint density at radius 1 is 0.871 bits per heavy atom. The van der Waals surface area contributed by atoms with Crippen LogP contribution < -0.4 is 20.2 Å². The van der Waals surface area contributed by atoms with Gasteiger partial charge in [-0.25, -0.2) is 0 Å². The molecule has 3 aromatic carbocycles. The van der Waals surface area contributed by atoms with Crippen molar-refractivity contribution < 1.29 is 34.9 Å². The molecule has 0 spiro atoms. The van der Waals surface area contributed by atoms with Gasteiger partial charge in [-0.1, -0.05) is 49.8 Å². The lowest BCUT2D eigenvalue weighted by Gasteiger charge is -2.29. The van der Waals surface area contributed by atoms with Crippen LogP contribution in [0.2, 0.25) is 0 Å². The van der Waals surface area contributed by atoms with Crippen molar-refractivity contribution in [2.24, 2.45) is 0 Å². The molecular weight excluding hydrogens is 783 g/mol. The lowest BCUT2D eigenvalue weighted by Crippen LogP contribution is -2.44. The van der Waals surface area contributed by atoms with Gasteiger partial charge in [-0.3, -0.25) is 19.2 Å². The first-order valence-electron chi connectivity index (χ1n) is 21.8. The fraction of sp³-hybridized carbons (Fsp3) is 0.480. The van der Waals surface area contributed by atoms with Crippen molar-refractivity contribution in [1.82, 2.24) is 14.7 Å². The number of phenols is 1. The molecule has 334 valence electrons. The molecule has 0 bridgehead atoms. The Bertz CT molecular complexity index is 2280. The van der Waals surface area contributed by atoms with Crippen LogP contribution in [0.25, 0.3) is 22.9 Å². The molecule has 0 radical (unpaired) electrons. The molecule has 7 rings (SSSR count). The molecule has 3 aliphatic heterocycles. The van der Waals surface area contributed by atoms with Gasteiger partial charge >= 0.3 is 0 Å². The zero-order valence-electron chi connectivity index (χ0n) is 37.6. The summed E-state index contributed by atoms with van der Waals surface area (Å²) in [7, 11) is 5.81. The van der Waals surface area contributed by atoms with E-state index in [-0.39, 0.29) is 34.9 Å². The van der Waals surface area contributed by atoms with Crippen molar-refractivity contribution in [3.8, 4) is 18.6 Å². The summed E-state index contributed by atoms with van der Waals surface area (Å²) in [6.07, 6.45) is 23.7. The van der Waals surface area contributed by atoms with E-state index < -0.39 is 5.72 Å². The average Bonchev–Trinajstić information content (AvgIpc) is 3.93. The van der Waals surface area contributed by atoms with Crippen LogP contribution in [0.1, 0.15) is 101 Å². The Balaban J connectivity index is 0.000000292. The number of terminal acetylenes is 1. The van der Waals surface area contributed by atoms with Crippen molar-refractivity contribution in [2.75, 3.05) is 63.7 Å². The number of aryl methyl sites for hydroxylation is 1. The standard InChI is InChI=1S/C32H34N2O3.C16H29N3O3.C2H2.H2O/c1-3-21-19-34(28-17-20(2)22-9-4-7-12-26(22)32(21)28)31(37)14-8-13-30(36)33-16-15-24-23-10-5-6-11-25(23)29(35)18-27(24)33;1-16(22)10-9-15(21)19(16)11-7-5-6-8-14(20)18(4)13-12-17(2)3;1-2;/h5-6,9-12,17-18,21,35H,3-4,7-8,13-16,19H2,1-2H3;9-10,22H,5-8,11-13H2,1-4H3;1-2H;1H2/t21-;;;/m1.../s1. The maximum absolute atomic E-state index is 13.4. The summed E-state index contributed by atoms with van der Waals surface area (Å²) in [5, 5.41) is 25.0. The van der Waals surface area contributed by atoms with E-state index in [9.17, 15) is 29.4 Å². The van der Waals surface area contributed by atoms with E-state index in [1.54, 1.807) is 22.8 Å². The topological polar surface area (TPSA) is 156 Å². The normalized spacial score (nSPS) is 18.1. The van der Waals surface area contributed by atoms with Gasteiger partial charge in [-0.2, -0.15) is 0 Å². The molecule has 12 nitrogen and oxygen atoms in total. The highest BCUT2D eigenvalue weighted by Crippen LogP contribution is 2.40. The molecule has 1 unspecified atom stereocenters. The molecule has 0 aromatic heterocycles. The smallest absolute Gasteiger partial charge is 0.248 e. The third kappa shape index (κ3) is 11.1. The highest BCUT2D eigenvalue weighted by molar-refractivity contribution is 6.03. The molecule has 62 heavy (non-hydrogen) atoms. The van der Waals surface area contributed by atoms with Crippen molar-refractivity contribution in [2.45, 2.75) is 103 Å². The van der Waals surface area contributed by atoms with Gasteiger partial charge < -0.3 is 40.2 Å². The molecule has 0 fully saturated rings. The number of likely N-dealkylation sites (N-methyl/N-ethyl adjacent to an activating group) is 2. The molecule has 0 saturated heterocycles. The number of hydrogen-bond donors (Lipinski definition) is 2. The van der Waals surface area contributed by atoms with Gasteiger partial charge in [0.1, 0.15) is 5.75 Å². The fourth-order valence-electron chi connectivity index (χ4n) is 8.96. The van der Waals surface area contributed by atoms with Gasteiger partial charge in [0.2, 0.25) is 23.6 Å². The van der Waals surface area contributed by atoms with Gasteiger partial charge in [0.15, 0.2) is 5.72 Å². The highest BCUT2D eigenvalue weighted by atomic mass is 16.3. The number of fused-ring (bicyclic) bond motifs is 6. The van der Waals surface area contributed by atoms with Crippen LogP contribution in [0, 0.1) is 19.8 Å². The van der Waals surface area contributed by atoms with E-state index in [4.69, 9.17) is 0 Å². The number of carbonyl (C=O) groups is 4. The van der Waals surface area contributed by atoms with Gasteiger partial charge in [-0.05, 0) is 118 Å². The Morgan fingerprint density at radius 3 is 2.18 bits per heavy atom. The summed E-state index contributed by atoms with van der Waals surface area (Å²) in [5.41, 5.74) is 4.40. The third-order valence-corrected chi connectivity index (χ3v) is 12.4. The number of amides is 4. The average molecular weight is 850 g/mol. The van der Waals surface area contributed by atoms with Crippen LogP contribution in [0.5, 0.6) is 5.75 Å². The Labute approximate surface area is 367 Å². The predicted octanol–water partition coefficient (Wildman–Crippen LogP) is 4.91. The lowest BCUT2D eigenvalue weighted by molar-refractivity contribution is -0.139. The molecule has 12 heteroatoms. The maximum Gasteiger partial charge on any atom is 0.248 e. The van der Waals surface area contributed by atoms with Crippen LogP contribution in [-0.2, 0) is 25.6 Å². The van der Waals surface area contributed by atoms with Crippen molar-refractivity contribution in [3.63, 3.8) is 0 Å². The Hall–Kier alpha value is -5.48. The molecule has 3 aromatic rings. The van der Waals surface area contributed by atoms with Crippen LogP contribution in [0.15, 0.2) is 48.6 Å². The number of hydrogen-bond acceptors (Lipinski definition) is 7. The summed E-state index contributed by atoms with van der Waals surface area (Å²) in [5.74, 6) is 0.701. The van der Waals surface area contributed by atoms with E-state index in [1.807, 2.05) is 50.3 Å². The maximum atomic E-state index is 13.4. The Kier molecular flexibility index (Phi) is 17.5. The molecule has 2 atom stereocenters. The number of rotatable bonds is 14. The van der Waals surface area contributed by atoms with Crippen molar-refractivity contribution in [1.29, 1.82) is 0 Å². The number of unbranched alkanes of at least 4 members (excludes halogenated alkanes) is 2. The van der Waals surface area contributed by atoms with Crippen LogP contribution in [0.4, 0.5) is 11.4 Å². The number of carbonyl (C=O) groups excluding carboxylic acids is 4. The zero-order chi connectivity index (χ0) is 44.4. The molecule has 0 saturated carbocycles. The minimum atomic E-state index is -1.17. The van der Waals surface area contributed by atoms with Crippen LogP contribution >= 0.6 is 0 Å². The second-order valence-corrected chi connectivity index (χ2v) is 17.0. The fourth-order valence-corrected chi connectivity index (χ4v) is 8.96. The first kappa shape index (κ1) is 49.2. The second kappa shape index (κ2) is 22.0. The van der Waals surface area contributed by atoms with E-state index in [1.165, 1.54) is 38.6 Å². The summed E-state index contributed by atoms with van der Waals surface area (Å²) in [4.78, 5) is 59.1. The Morgan fingerprint density at radius 2 is 1.53 bits per heavy atom. The van der Waals surface area contributed by atoms with Gasteiger partial charge in [-0.15, -0.1) is 12.8 Å². The summed E-state index contributed by atoms with van der Waals surface area (Å²) in [6.45, 7) is 9.42. The minimum Gasteiger partial charge on any atom is -0.507 e. The third-order valence-electron chi connectivity index (χ3n) is 12.4. The molecule has 4 amide bonds. The van der Waals surface area contributed by atoms with E-state index in [2.05, 4.69) is 49.8 Å². The number of benzene rings is 3. The number of aliphatic hydroxyl groups is 1. The van der Waals surface area contributed by atoms with Crippen LogP contribution in [0.3, 0.4) is 0 Å². The summed E-state index contributed by atoms with van der Waals surface area (Å²) < 4.78 is 0. The molecule has 4 N–H and O–H groups in total. The first-order chi connectivity index (χ1) is 29.2. The van der Waals surface area contributed by atoms with E-state index >= 15 is 0 Å². The SMILES string of the molecule is C#C.CC[C@@H]1CN(C(=O)CCCC(=O)N2CCc3c2cc(O)c2ccccc32)c2cc(C)c3c(c21)=CCCC=3.CN(C)CCN(C)C(=O)CCCCCN1C(=O)C=CC1(C)O.O. The van der Waals surface area contributed by atoms with Crippen molar-refractivity contribution in [3.05, 3.63) is 75.7 Å². The number of anilines is 2. The molecule has 4 aliphatic rings. The summed E-state index contributed by atoms with van der Waals surface area (Å²) in [6, 6.07) is 11.7. The highest BCUT2D eigenvalue weighted by Gasteiger charge is 2.35. The lowest BCUT2D eigenvalue weighted by atomic mass is 9.91. The van der Waals surface area contributed by atoms with E-state index in [0.29, 0.717) is 44.7 Å².